The second kappa shape index (κ2) is 4.16. The van der Waals surface area contributed by atoms with Crippen LogP contribution in [0.15, 0.2) is 48.5 Å². The Morgan fingerprint density at radius 1 is 1.06 bits per heavy atom. The maximum atomic E-state index is 10.2. The molecule has 2 aromatic carbocycles. The van der Waals surface area contributed by atoms with Crippen molar-refractivity contribution in [3.05, 3.63) is 59.9 Å². The van der Waals surface area contributed by atoms with Crippen molar-refractivity contribution in [3.8, 4) is 0 Å². The number of aliphatic hydroxyl groups excluding tert-OH is 1. The number of fused-ring (bicyclic) bond motifs is 1. The number of nitrogen functional groups attached to an aromatic ring is 1. The molecule has 0 spiro atoms. The molecular formula is C14H13N3O. The minimum Gasteiger partial charge on any atom is -0.397 e. The number of nitrogens with two attached hydrogens (primary N) is 1. The summed E-state index contributed by atoms with van der Waals surface area (Å²) in [5.41, 5.74) is 8.78. The molecule has 1 heterocycles. The second-order valence-electron chi connectivity index (χ2n) is 4.18. The van der Waals surface area contributed by atoms with E-state index in [2.05, 4.69) is 9.97 Å². The molecule has 3 rings (SSSR count). The molecule has 4 N–H and O–H groups in total. The summed E-state index contributed by atoms with van der Waals surface area (Å²) in [7, 11) is 0. The first-order valence-electron chi connectivity index (χ1n) is 5.73. The molecule has 0 fully saturated rings. The Bertz CT molecular complexity index is 676. The summed E-state index contributed by atoms with van der Waals surface area (Å²) in [4.78, 5) is 7.45. The molecule has 0 saturated carbocycles. The minimum atomic E-state index is -0.766. The molecule has 0 radical (unpaired) electrons. The van der Waals surface area contributed by atoms with Gasteiger partial charge in [-0.05, 0) is 17.7 Å². The van der Waals surface area contributed by atoms with Gasteiger partial charge in [-0.25, -0.2) is 4.98 Å². The summed E-state index contributed by atoms with van der Waals surface area (Å²) >= 11 is 0. The number of aromatic nitrogens is 2. The van der Waals surface area contributed by atoms with Gasteiger partial charge in [0.05, 0.1) is 11.2 Å². The lowest BCUT2D eigenvalue weighted by atomic mass is 10.1. The standard InChI is InChI=1S/C14H13N3O/c15-10-7-4-8-11-12(10)17-14(16-11)13(18)9-5-2-1-3-6-9/h1-8,13,18H,15H2,(H,16,17). The third-order valence-corrected chi connectivity index (χ3v) is 2.94. The molecular weight excluding hydrogens is 226 g/mol. The van der Waals surface area contributed by atoms with Crippen LogP contribution in [0.4, 0.5) is 5.69 Å². The first-order chi connectivity index (χ1) is 8.75. The third-order valence-electron chi connectivity index (χ3n) is 2.94. The zero-order chi connectivity index (χ0) is 12.5. The highest BCUT2D eigenvalue weighted by atomic mass is 16.3. The van der Waals surface area contributed by atoms with E-state index in [1.54, 1.807) is 6.07 Å². The fourth-order valence-electron chi connectivity index (χ4n) is 2.00. The first kappa shape index (κ1) is 10.8. The minimum absolute atomic E-state index is 0.508. The monoisotopic (exact) mass is 239 g/mol. The smallest absolute Gasteiger partial charge is 0.140 e. The Labute approximate surface area is 104 Å². The number of rotatable bonds is 2. The third kappa shape index (κ3) is 1.72. The summed E-state index contributed by atoms with van der Waals surface area (Å²) in [5, 5.41) is 10.2. The van der Waals surface area contributed by atoms with Crippen molar-refractivity contribution in [2.24, 2.45) is 0 Å². The number of hydrogen-bond acceptors (Lipinski definition) is 3. The average Bonchev–Trinajstić information content (AvgIpc) is 2.84. The number of para-hydroxylation sites is 1. The van der Waals surface area contributed by atoms with E-state index >= 15 is 0 Å². The number of nitrogens with one attached hydrogen (secondary N) is 1. The molecule has 0 aliphatic carbocycles. The van der Waals surface area contributed by atoms with Gasteiger partial charge >= 0.3 is 0 Å². The summed E-state index contributed by atoms with van der Waals surface area (Å²) in [6, 6.07) is 14.9. The molecule has 0 amide bonds. The van der Waals surface area contributed by atoms with Gasteiger partial charge in [0, 0.05) is 0 Å². The molecule has 0 saturated heterocycles. The van der Waals surface area contributed by atoms with Crippen molar-refractivity contribution in [2.75, 3.05) is 5.73 Å². The highest BCUT2D eigenvalue weighted by molar-refractivity contribution is 5.86. The van der Waals surface area contributed by atoms with E-state index in [4.69, 9.17) is 5.73 Å². The van der Waals surface area contributed by atoms with Crippen LogP contribution in [0.2, 0.25) is 0 Å². The topological polar surface area (TPSA) is 74.9 Å². The number of anilines is 1. The number of benzene rings is 2. The predicted octanol–water partition coefficient (Wildman–Crippen LogP) is 2.23. The number of imidazole rings is 1. The molecule has 90 valence electrons. The van der Waals surface area contributed by atoms with Crippen molar-refractivity contribution in [1.82, 2.24) is 9.97 Å². The van der Waals surface area contributed by atoms with Crippen LogP contribution in [0, 0.1) is 0 Å². The largest absolute Gasteiger partial charge is 0.397 e. The van der Waals surface area contributed by atoms with Crippen LogP contribution in [-0.4, -0.2) is 15.1 Å². The van der Waals surface area contributed by atoms with E-state index in [9.17, 15) is 5.11 Å². The zero-order valence-electron chi connectivity index (χ0n) is 9.67. The molecule has 1 unspecified atom stereocenters. The van der Waals surface area contributed by atoms with Gasteiger partial charge in [0.25, 0.3) is 0 Å². The van der Waals surface area contributed by atoms with Gasteiger partial charge in [-0.3, -0.25) is 0 Å². The van der Waals surface area contributed by atoms with Crippen molar-refractivity contribution in [2.45, 2.75) is 6.10 Å². The fraction of sp³-hybridized carbons (Fsp3) is 0.0714. The van der Waals surface area contributed by atoms with Crippen LogP contribution in [0.25, 0.3) is 11.0 Å². The molecule has 0 aliphatic heterocycles. The van der Waals surface area contributed by atoms with E-state index in [1.807, 2.05) is 42.5 Å². The summed E-state index contributed by atoms with van der Waals surface area (Å²) < 4.78 is 0. The Kier molecular flexibility index (Phi) is 2.50. The predicted molar refractivity (Wildman–Crippen MR) is 71.0 cm³/mol. The summed E-state index contributed by atoms with van der Waals surface area (Å²) in [6.07, 6.45) is -0.766. The number of nitrogens with zero attached hydrogens (tertiary/aromatic N) is 1. The van der Waals surface area contributed by atoms with Gasteiger partial charge < -0.3 is 15.8 Å². The molecule has 4 heteroatoms. The zero-order valence-corrected chi connectivity index (χ0v) is 9.67. The molecule has 3 aromatic rings. The van der Waals surface area contributed by atoms with Gasteiger partial charge in [-0.2, -0.15) is 0 Å². The van der Waals surface area contributed by atoms with Gasteiger partial charge in [-0.15, -0.1) is 0 Å². The fourth-order valence-corrected chi connectivity index (χ4v) is 2.00. The Morgan fingerprint density at radius 3 is 2.56 bits per heavy atom. The first-order valence-corrected chi connectivity index (χ1v) is 5.73. The quantitative estimate of drug-likeness (QED) is 0.600. The van der Waals surface area contributed by atoms with Gasteiger partial charge in [0.1, 0.15) is 17.4 Å². The lowest BCUT2D eigenvalue weighted by molar-refractivity contribution is 0.211. The van der Waals surface area contributed by atoms with Crippen LogP contribution in [-0.2, 0) is 0 Å². The lowest BCUT2D eigenvalue weighted by Gasteiger charge is -2.06. The van der Waals surface area contributed by atoms with E-state index < -0.39 is 6.10 Å². The number of H-pyrrole nitrogens is 1. The molecule has 0 aliphatic rings. The van der Waals surface area contributed by atoms with Gasteiger partial charge in [0.2, 0.25) is 0 Å². The SMILES string of the molecule is Nc1cccc2[nH]c(C(O)c3ccccc3)nc12. The molecule has 1 aromatic heterocycles. The lowest BCUT2D eigenvalue weighted by Crippen LogP contribution is -2.01. The van der Waals surface area contributed by atoms with Crippen LogP contribution in [0.1, 0.15) is 17.5 Å². The van der Waals surface area contributed by atoms with Crippen LogP contribution in [0.5, 0.6) is 0 Å². The van der Waals surface area contributed by atoms with E-state index in [0.717, 1.165) is 11.1 Å². The van der Waals surface area contributed by atoms with Gasteiger partial charge in [-0.1, -0.05) is 36.4 Å². The van der Waals surface area contributed by atoms with Crippen molar-refractivity contribution >= 4 is 16.7 Å². The van der Waals surface area contributed by atoms with Crippen molar-refractivity contribution in [3.63, 3.8) is 0 Å². The van der Waals surface area contributed by atoms with E-state index in [1.165, 1.54) is 0 Å². The highest BCUT2D eigenvalue weighted by Gasteiger charge is 2.15. The average molecular weight is 239 g/mol. The maximum Gasteiger partial charge on any atom is 0.140 e. The van der Waals surface area contributed by atoms with Crippen molar-refractivity contribution < 1.29 is 5.11 Å². The Morgan fingerprint density at radius 2 is 1.83 bits per heavy atom. The molecule has 0 bridgehead atoms. The molecule has 4 nitrogen and oxygen atoms in total. The van der Waals surface area contributed by atoms with Gasteiger partial charge in [0.15, 0.2) is 0 Å². The second-order valence-corrected chi connectivity index (χ2v) is 4.18. The Hall–Kier alpha value is -2.33. The maximum absolute atomic E-state index is 10.2. The van der Waals surface area contributed by atoms with Crippen LogP contribution >= 0.6 is 0 Å². The Balaban J connectivity index is 2.07. The van der Waals surface area contributed by atoms with E-state index in [-0.39, 0.29) is 0 Å². The van der Waals surface area contributed by atoms with E-state index in [0.29, 0.717) is 17.0 Å². The normalized spacial score (nSPS) is 12.7. The summed E-state index contributed by atoms with van der Waals surface area (Å²) in [6.45, 7) is 0. The van der Waals surface area contributed by atoms with Crippen molar-refractivity contribution in [1.29, 1.82) is 0 Å². The molecule has 1 atom stereocenters. The van der Waals surface area contributed by atoms with Crippen LogP contribution in [0.3, 0.4) is 0 Å². The molecule has 18 heavy (non-hydrogen) atoms. The number of hydrogen-bond donors (Lipinski definition) is 3. The highest BCUT2D eigenvalue weighted by Crippen LogP contribution is 2.24. The summed E-state index contributed by atoms with van der Waals surface area (Å²) in [5.74, 6) is 0.508. The number of aromatic amines is 1. The van der Waals surface area contributed by atoms with Crippen LogP contribution < -0.4 is 5.73 Å². The number of aliphatic hydroxyl groups is 1.